The highest BCUT2D eigenvalue weighted by Gasteiger charge is 2.15. The van der Waals surface area contributed by atoms with E-state index in [0.29, 0.717) is 22.8 Å². The molecular weight excluding hydrogens is 452 g/mol. The van der Waals surface area contributed by atoms with Crippen LogP contribution in [0, 0.1) is 6.92 Å². The van der Waals surface area contributed by atoms with Crippen LogP contribution in [0.3, 0.4) is 0 Å². The van der Waals surface area contributed by atoms with E-state index in [4.69, 9.17) is 9.47 Å². The van der Waals surface area contributed by atoms with Crippen LogP contribution < -0.4 is 20.3 Å². The Hall–Kier alpha value is -3.98. The number of methoxy groups -OCH3 is 2. The number of carbonyl (C=O) groups is 1. The van der Waals surface area contributed by atoms with Crippen molar-refractivity contribution in [2.45, 2.75) is 13.5 Å². The lowest BCUT2D eigenvalue weighted by Gasteiger charge is -2.11. The van der Waals surface area contributed by atoms with E-state index in [1.807, 2.05) is 37.3 Å². The fourth-order valence-corrected chi connectivity index (χ4v) is 4.47. The van der Waals surface area contributed by atoms with Gasteiger partial charge < -0.3 is 14.8 Å². The molecule has 0 fully saturated rings. The van der Waals surface area contributed by atoms with Crippen LogP contribution in [0.25, 0.3) is 21.1 Å². The number of aromatic nitrogens is 3. The van der Waals surface area contributed by atoms with Crippen molar-refractivity contribution in [3.63, 3.8) is 0 Å². The van der Waals surface area contributed by atoms with Gasteiger partial charge in [-0.25, -0.2) is 9.67 Å². The Labute approximate surface area is 200 Å². The van der Waals surface area contributed by atoms with Crippen molar-refractivity contribution in [2.24, 2.45) is 0 Å². The monoisotopic (exact) mass is 476 g/mol. The molecule has 0 bridgehead atoms. The second kappa shape index (κ2) is 10.3. The summed E-state index contributed by atoms with van der Waals surface area (Å²) in [6.07, 6.45) is 0. The molecule has 0 aliphatic heterocycles. The Balaban J connectivity index is 1.49. The van der Waals surface area contributed by atoms with Crippen molar-refractivity contribution in [3.8, 4) is 32.6 Å². The predicted molar refractivity (Wildman–Crippen MR) is 132 cm³/mol. The lowest BCUT2D eigenvalue weighted by Crippen LogP contribution is -2.32. The highest BCUT2D eigenvalue weighted by atomic mass is 32.1. The Morgan fingerprint density at radius 2 is 1.85 bits per heavy atom. The summed E-state index contributed by atoms with van der Waals surface area (Å²) >= 11 is 1.53. The van der Waals surface area contributed by atoms with Crippen molar-refractivity contribution >= 4 is 17.2 Å². The number of hydrogen-bond acceptors (Lipinski definition) is 7. The molecule has 1 amide bonds. The number of thiazole rings is 1. The van der Waals surface area contributed by atoms with Gasteiger partial charge in [0, 0.05) is 18.2 Å². The van der Waals surface area contributed by atoms with Crippen LogP contribution in [0.5, 0.6) is 11.5 Å². The van der Waals surface area contributed by atoms with E-state index in [9.17, 15) is 9.59 Å². The first-order chi connectivity index (χ1) is 16.5. The van der Waals surface area contributed by atoms with Crippen molar-refractivity contribution < 1.29 is 14.3 Å². The molecule has 0 unspecified atom stereocenters. The fraction of sp³-hybridized carbons (Fsp3) is 0.200. The summed E-state index contributed by atoms with van der Waals surface area (Å²) in [7, 11) is 3.03. The molecule has 2 aromatic carbocycles. The van der Waals surface area contributed by atoms with Gasteiger partial charge in [-0.1, -0.05) is 30.3 Å². The summed E-state index contributed by atoms with van der Waals surface area (Å²) in [5.74, 6) is 0.655. The van der Waals surface area contributed by atoms with Gasteiger partial charge in [-0.3, -0.25) is 9.59 Å². The van der Waals surface area contributed by atoms with Gasteiger partial charge in [-0.15, -0.1) is 11.3 Å². The predicted octanol–water partition coefficient (Wildman–Crippen LogP) is 3.79. The van der Waals surface area contributed by atoms with Crippen molar-refractivity contribution in [2.75, 3.05) is 20.8 Å². The van der Waals surface area contributed by atoms with Gasteiger partial charge in [0.05, 0.1) is 36.9 Å². The molecule has 0 aliphatic rings. The molecule has 0 saturated heterocycles. The second-order valence-electron chi connectivity index (χ2n) is 7.40. The number of nitrogens with zero attached hydrogens (tertiary/aromatic N) is 3. The van der Waals surface area contributed by atoms with Crippen LogP contribution in [0.2, 0.25) is 0 Å². The van der Waals surface area contributed by atoms with Gasteiger partial charge in [-0.2, -0.15) is 5.10 Å². The molecule has 1 N–H and O–H groups in total. The Bertz CT molecular complexity index is 1370. The van der Waals surface area contributed by atoms with E-state index < -0.39 is 0 Å². The average molecular weight is 477 g/mol. The SMILES string of the molecule is COc1ccc(OC)c(C(=O)NCCn2nc(-c3sc(-c4ccccc4)nc3C)ccc2=O)c1. The molecule has 0 spiro atoms. The van der Waals surface area contributed by atoms with E-state index in [1.165, 1.54) is 36.3 Å². The summed E-state index contributed by atoms with van der Waals surface area (Å²) in [5, 5.41) is 8.23. The average Bonchev–Trinajstić information content (AvgIpc) is 3.26. The zero-order chi connectivity index (χ0) is 24.1. The topological polar surface area (TPSA) is 95.3 Å². The third-order valence-electron chi connectivity index (χ3n) is 5.18. The van der Waals surface area contributed by atoms with Crippen LogP contribution in [0.4, 0.5) is 0 Å². The summed E-state index contributed by atoms with van der Waals surface area (Å²) in [6, 6.07) is 18.1. The van der Waals surface area contributed by atoms with E-state index in [0.717, 1.165) is 21.1 Å². The van der Waals surface area contributed by atoms with E-state index in [2.05, 4.69) is 15.4 Å². The minimum absolute atomic E-state index is 0.215. The Morgan fingerprint density at radius 3 is 2.59 bits per heavy atom. The first-order valence-electron chi connectivity index (χ1n) is 10.6. The number of amides is 1. The molecule has 34 heavy (non-hydrogen) atoms. The Morgan fingerprint density at radius 1 is 1.06 bits per heavy atom. The number of ether oxygens (including phenoxy) is 2. The fourth-order valence-electron chi connectivity index (χ4n) is 3.43. The van der Waals surface area contributed by atoms with Gasteiger partial charge in [0.2, 0.25) is 0 Å². The molecule has 2 aromatic heterocycles. The molecule has 0 saturated carbocycles. The standard InChI is InChI=1S/C25H24N4O4S/c1-16-23(34-25(27-16)17-7-5-4-6-8-17)20-10-12-22(30)29(28-20)14-13-26-24(31)19-15-18(32-2)9-11-21(19)33-3/h4-12,15H,13-14H2,1-3H3,(H,26,31). The normalized spacial score (nSPS) is 10.7. The second-order valence-corrected chi connectivity index (χ2v) is 8.40. The molecule has 9 heteroatoms. The van der Waals surface area contributed by atoms with Crippen LogP contribution >= 0.6 is 11.3 Å². The van der Waals surface area contributed by atoms with Crippen LogP contribution in [0.1, 0.15) is 16.1 Å². The third kappa shape index (κ3) is 4.99. The van der Waals surface area contributed by atoms with Crippen LogP contribution in [-0.4, -0.2) is 41.4 Å². The van der Waals surface area contributed by atoms with E-state index in [-0.39, 0.29) is 24.6 Å². The quantitative estimate of drug-likeness (QED) is 0.416. The largest absolute Gasteiger partial charge is 0.497 e. The summed E-state index contributed by atoms with van der Waals surface area (Å²) < 4.78 is 11.8. The molecule has 0 aliphatic carbocycles. The third-order valence-corrected chi connectivity index (χ3v) is 6.41. The highest BCUT2D eigenvalue weighted by Crippen LogP contribution is 2.33. The molecule has 4 aromatic rings. The first kappa shape index (κ1) is 23.2. The zero-order valence-corrected chi connectivity index (χ0v) is 19.9. The minimum Gasteiger partial charge on any atom is -0.497 e. The van der Waals surface area contributed by atoms with Crippen molar-refractivity contribution in [1.29, 1.82) is 0 Å². The number of nitrogens with one attached hydrogen (secondary N) is 1. The molecule has 2 heterocycles. The lowest BCUT2D eigenvalue weighted by molar-refractivity contribution is 0.0948. The number of aryl methyl sites for hydroxylation is 1. The maximum absolute atomic E-state index is 12.7. The van der Waals surface area contributed by atoms with Gasteiger partial charge in [-0.05, 0) is 31.2 Å². The maximum Gasteiger partial charge on any atom is 0.266 e. The van der Waals surface area contributed by atoms with Crippen LogP contribution in [0.15, 0.2) is 65.5 Å². The minimum atomic E-state index is -0.328. The van der Waals surface area contributed by atoms with Gasteiger partial charge in [0.25, 0.3) is 11.5 Å². The highest BCUT2D eigenvalue weighted by molar-refractivity contribution is 7.18. The number of carbonyl (C=O) groups excluding carboxylic acids is 1. The molecule has 0 radical (unpaired) electrons. The van der Waals surface area contributed by atoms with Gasteiger partial charge in [0.1, 0.15) is 22.2 Å². The molecular formula is C25H24N4O4S. The number of hydrogen-bond donors (Lipinski definition) is 1. The molecule has 0 atom stereocenters. The molecule has 8 nitrogen and oxygen atoms in total. The maximum atomic E-state index is 12.7. The molecule has 4 rings (SSSR count). The van der Waals surface area contributed by atoms with Gasteiger partial charge in [0.15, 0.2) is 0 Å². The van der Waals surface area contributed by atoms with E-state index >= 15 is 0 Å². The lowest BCUT2D eigenvalue weighted by atomic mass is 10.1. The summed E-state index contributed by atoms with van der Waals surface area (Å²) in [6.45, 7) is 2.36. The van der Waals surface area contributed by atoms with E-state index in [1.54, 1.807) is 24.3 Å². The van der Waals surface area contributed by atoms with Gasteiger partial charge >= 0.3 is 0 Å². The summed E-state index contributed by atoms with van der Waals surface area (Å²) in [4.78, 5) is 30.6. The number of rotatable bonds is 8. The first-order valence-corrected chi connectivity index (χ1v) is 11.4. The van der Waals surface area contributed by atoms with Crippen LogP contribution in [-0.2, 0) is 6.54 Å². The smallest absolute Gasteiger partial charge is 0.266 e. The zero-order valence-electron chi connectivity index (χ0n) is 19.1. The molecule has 174 valence electrons. The van der Waals surface area contributed by atoms with Crippen molar-refractivity contribution in [3.05, 3.63) is 82.3 Å². The summed E-state index contributed by atoms with van der Waals surface area (Å²) in [5.41, 5.74) is 2.65. The number of benzene rings is 2. The Kier molecular flexibility index (Phi) is 7.03. The van der Waals surface area contributed by atoms with Crippen molar-refractivity contribution in [1.82, 2.24) is 20.1 Å².